The fourth-order valence-electron chi connectivity index (χ4n) is 0.306. The second-order valence-electron chi connectivity index (χ2n) is 1.37. The Morgan fingerprint density at radius 2 is 1.78 bits per heavy atom. The summed E-state index contributed by atoms with van der Waals surface area (Å²) in [6, 6.07) is 0. The van der Waals surface area contributed by atoms with Crippen LogP contribution in [0, 0.1) is 0 Å². The second kappa shape index (κ2) is 10.7. The molecule has 54 valence electrons. The summed E-state index contributed by atoms with van der Waals surface area (Å²) in [5, 5.41) is 1.78. The van der Waals surface area contributed by atoms with Crippen molar-refractivity contribution in [3.05, 3.63) is 23.1 Å². The van der Waals surface area contributed by atoms with Crippen LogP contribution in [0.25, 0.3) is 0 Å². The summed E-state index contributed by atoms with van der Waals surface area (Å²) in [4.78, 5) is 0. The average molecular weight is 144 g/mol. The molecule has 0 saturated carbocycles. The van der Waals surface area contributed by atoms with Gasteiger partial charge in [0.1, 0.15) is 0 Å². The highest BCUT2D eigenvalue weighted by atomic mass is 32.1. The van der Waals surface area contributed by atoms with Gasteiger partial charge in [0, 0.05) is 0 Å². The number of thiol groups is 1. The Morgan fingerprint density at radius 3 is 1.89 bits per heavy atom. The predicted octanol–water partition coefficient (Wildman–Crippen LogP) is 3.42. The van der Waals surface area contributed by atoms with Gasteiger partial charge in [-0.15, -0.1) is 0 Å². The Hall–Kier alpha value is -0.170. The van der Waals surface area contributed by atoms with E-state index in [0.29, 0.717) is 0 Å². The van der Waals surface area contributed by atoms with Crippen molar-refractivity contribution in [1.29, 1.82) is 0 Å². The fourth-order valence-corrected chi connectivity index (χ4v) is 0.392. The van der Waals surface area contributed by atoms with E-state index in [-0.39, 0.29) is 0 Å². The van der Waals surface area contributed by atoms with E-state index in [0.717, 1.165) is 0 Å². The lowest BCUT2D eigenvalue weighted by Crippen LogP contribution is -1.58. The molecule has 0 saturated heterocycles. The quantitative estimate of drug-likeness (QED) is 0.423. The molecule has 0 amide bonds. The highest BCUT2D eigenvalue weighted by Gasteiger charge is 1.70. The molecular formula is C8H16S. The summed E-state index contributed by atoms with van der Waals surface area (Å²) in [6.45, 7) is 7.99. The Bertz CT molecular complexity index is 90.7. The van der Waals surface area contributed by atoms with E-state index in [1.807, 2.05) is 39.8 Å². The van der Waals surface area contributed by atoms with Gasteiger partial charge >= 0.3 is 0 Å². The monoisotopic (exact) mass is 144 g/mol. The highest BCUT2D eigenvalue weighted by Crippen LogP contribution is 1.94. The standard InChI is InChI=1S/C6H10S.C2H6/c1-3-4-6(2)5-7;1-2/h3-5,7H,1-2H3;1-2H3/b4-3-,6-5-;. The third-order valence-electron chi connectivity index (χ3n) is 0.633. The van der Waals surface area contributed by atoms with Crippen LogP contribution in [0.1, 0.15) is 27.7 Å². The summed E-state index contributed by atoms with van der Waals surface area (Å²) in [5.74, 6) is 0. The molecule has 0 fully saturated rings. The van der Waals surface area contributed by atoms with Crippen LogP contribution >= 0.6 is 12.6 Å². The topological polar surface area (TPSA) is 0 Å². The van der Waals surface area contributed by atoms with E-state index < -0.39 is 0 Å². The SMILES string of the molecule is C/C=C\C(C)=C/S.CC. The molecule has 0 rings (SSSR count). The van der Waals surface area contributed by atoms with Crippen molar-refractivity contribution in [3.8, 4) is 0 Å². The molecule has 0 aliphatic rings. The lowest BCUT2D eigenvalue weighted by molar-refractivity contribution is 1.50. The second-order valence-corrected chi connectivity index (χ2v) is 1.63. The zero-order chi connectivity index (χ0) is 7.70. The molecule has 0 aromatic heterocycles. The van der Waals surface area contributed by atoms with Crippen molar-refractivity contribution in [3.63, 3.8) is 0 Å². The molecule has 0 aromatic carbocycles. The Kier molecular flexibility index (Phi) is 13.9. The van der Waals surface area contributed by atoms with E-state index in [1.54, 1.807) is 5.41 Å². The molecule has 0 heterocycles. The third kappa shape index (κ3) is 11.4. The molecule has 0 unspecified atom stereocenters. The van der Waals surface area contributed by atoms with Gasteiger partial charge in [0.2, 0.25) is 0 Å². The van der Waals surface area contributed by atoms with Gasteiger partial charge in [0.05, 0.1) is 0 Å². The first-order valence-corrected chi connectivity index (χ1v) is 3.76. The minimum Gasteiger partial charge on any atom is -0.151 e. The Labute approximate surface area is 64.1 Å². The van der Waals surface area contributed by atoms with Gasteiger partial charge in [-0.3, -0.25) is 0 Å². The van der Waals surface area contributed by atoms with E-state index in [1.165, 1.54) is 5.57 Å². The van der Waals surface area contributed by atoms with Gasteiger partial charge in [-0.2, -0.15) is 12.6 Å². The van der Waals surface area contributed by atoms with Crippen LogP contribution in [0.15, 0.2) is 23.1 Å². The molecule has 0 radical (unpaired) electrons. The molecule has 0 N–H and O–H groups in total. The van der Waals surface area contributed by atoms with Crippen LogP contribution in [0.2, 0.25) is 0 Å². The van der Waals surface area contributed by atoms with Crippen molar-refractivity contribution in [2.75, 3.05) is 0 Å². The van der Waals surface area contributed by atoms with Gasteiger partial charge in [-0.05, 0) is 24.8 Å². The van der Waals surface area contributed by atoms with Crippen molar-refractivity contribution >= 4 is 12.6 Å². The largest absolute Gasteiger partial charge is 0.151 e. The molecule has 9 heavy (non-hydrogen) atoms. The minimum atomic E-state index is 1.19. The zero-order valence-corrected chi connectivity index (χ0v) is 7.57. The minimum absolute atomic E-state index is 1.19. The molecule has 0 aromatic rings. The van der Waals surface area contributed by atoms with Crippen LogP contribution in [-0.4, -0.2) is 0 Å². The van der Waals surface area contributed by atoms with E-state index in [2.05, 4.69) is 12.6 Å². The van der Waals surface area contributed by atoms with Crippen molar-refractivity contribution < 1.29 is 0 Å². The lowest BCUT2D eigenvalue weighted by atomic mass is 10.3. The molecule has 0 aliphatic carbocycles. The van der Waals surface area contributed by atoms with Gasteiger partial charge in [-0.1, -0.05) is 26.0 Å². The lowest BCUT2D eigenvalue weighted by Gasteiger charge is -1.80. The normalized spacial score (nSPS) is 11.0. The molecule has 0 atom stereocenters. The Balaban J connectivity index is 0. The molecule has 1 heteroatoms. The molecule has 0 aliphatic heterocycles. The number of rotatable bonds is 1. The van der Waals surface area contributed by atoms with Crippen molar-refractivity contribution in [1.82, 2.24) is 0 Å². The van der Waals surface area contributed by atoms with Crippen LogP contribution in [0.5, 0.6) is 0 Å². The summed E-state index contributed by atoms with van der Waals surface area (Å²) in [5.41, 5.74) is 1.19. The van der Waals surface area contributed by atoms with E-state index in [9.17, 15) is 0 Å². The first-order valence-electron chi connectivity index (χ1n) is 3.25. The highest BCUT2D eigenvalue weighted by molar-refractivity contribution is 7.83. The van der Waals surface area contributed by atoms with E-state index >= 15 is 0 Å². The molecule has 0 bridgehead atoms. The van der Waals surface area contributed by atoms with Gasteiger partial charge in [0.15, 0.2) is 0 Å². The summed E-state index contributed by atoms with van der Waals surface area (Å²) >= 11 is 3.94. The maximum absolute atomic E-state index is 3.94. The maximum atomic E-state index is 3.94. The molecule has 0 nitrogen and oxygen atoms in total. The Morgan fingerprint density at radius 1 is 1.33 bits per heavy atom. The average Bonchev–Trinajstić information content (AvgIpc) is 1.93. The summed E-state index contributed by atoms with van der Waals surface area (Å²) in [7, 11) is 0. The van der Waals surface area contributed by atoms with Crippen LogP contribution in [-0.2, 0) is 0 Å². The fraction of sp³-hybridized carbons (Fsp3) is 0.500. The zero-order valence-electron chi connectivity index (χ0n) is 6.68. The van der Waals surface area contributed by atoms with Crippen molar-refractivity contribution in [2.24, 2.45) is 0 Å². The third-order valence-corrected chi connectivity index (χ3v) is 1.04. The van der Waals surface area contributed by atoms with Gasteiger partial charge in [0.25, 0.3) is 0 Å². The van der Waals surface area contributed by atoms with Crippen LogP contribution < -0.4 is 0 Å². The van der Waals surface area contributed by atoms with Crippen molar-refractivity contribution in [2.45, 2.75) is 27.7 Å². The summed E-state index contributed by atoms with van der Waals surface area (Å²) < 4.78 is 0. The number of hydrogen-bond donors (Lipinski definition) is 1. The summed E-state index contributed by atoms with van der Waals surface area (Å²) in [6.07, 6.45) is 4.00. The van der Waals surface area contributed by atoms with Gasteiger partial charge < -0.3 is 0 Å². The predicted molar refractivity (Wildman–Crippen MR) is 48.9 cm³/mol. The smallest absolute Gasteiger partial charge is 0.0295 e. The van der Waals surface area contributed by atoms with Crippen LogP contribution in [0.3, 0.4) is 0 Å². The first kappa shape index (κ1) is 11.6. The van der Waals surface area contributed by atoms with E-state index in [4.69, 9.17) is 0 Å². The molecule has 0 spiro atoms. The molecular weight excluding hydrogens is 128 g/mol. The van der Waals surface area contributed by atoms with Crippen LogP contribution in [0.4, 0.5) is 0 Å². The maximum Gasteiger partial charge on any atom is -0.0295 e. The first-order chi connectivity index (χ1) is 4.31. The van der Waals surface area contributed by atoms with Gasteiger partial charge in [-0.25, -0.2) is 0 Å². The number of allylic oxidation sites excluding steroid dienone is 3. The number of hydrogen-bond acceptors (Lipinski definition) is 1.